The van der Waals surface area contributed by atoms with Crippen molar-refractivity contribution in [2.75, 3.05) is 12.8 Å². The van der Waals surface area contributed by atoms with Crippen LogP contribution in [-0.4, -0.2) is 36.7 Å². The molecule has 4 heterocycles. The quantitative estimate of drug-likeness (QED) is 0.384. The third kappa shape index (κ3) is 4.23. The number of fused-ring (bicyclic) bond motifs is 1. The molecule has 0 spiro atoms. The van der Waals surface area contributed by atoms with Gasteiger partial charge in [0.15, 0.2) is 5.65 Å². The van der Waals surface area contributed by atoms with Crippen molar-refractivity contribution >= 4 is 11.6 Å². The fourth-order valence-electron chi connectivity index (χ4n) is 3.75. The SMILES string of the molecule is COc1cc(-c2c(-c3cccc(C#N)c3)nc(N)n3nc(OCc4ncccc4F)nc23)cc(C)n1. The number of methoxy groups -OCH3 is 1. The van der Waals surface area contributed by atoms with Crippen LogP contribution in [0.1, 0.15) is 17.0 Å². The molecule has 0 unspecified atom stereocenters. The molecular weight excluding hydrogens is 463 g/mol. The van der Waals surface area contributed by atoms with Gasteiger partial charge in [-0.3, -0.25) is 4.98 Å². The van der Waals surface area contributed by atoms with Crippen LogP contribution in [0.4, 0.5) is 10.3 Å². The number of nitrogen functional groups attached to an aromatic ring is 1. The molecule has 0 saturated carbocycles. The lowest BCUT2D eigenvalue weighted by molar-refractivity contribution is 0.271. The number of nitrogens with two attached hydrogens (primary N) is 1. The van der Waals surface area contributed by atoms with Gasteiger partial charge in [-0.1, -0.05) is 12.1 Å². The summed E-state index contributed by atoms with van der Waals surface area (Å²) in [5.74, 6) is -0.0457. The first-order valence-corrected chi connectivity index (χ1v) is 10.8. The highest BCUT2D eigenvalue weighted by molar-refractivity contribution is 5.91. The maximum atomic E-state index is 14.0. The average Bonchev–Trinajstić information content (AvgIpc) is 3.32. The van der Waals surface area contributed by atoms with Crippen molar-refractivity contribution in [1.82, 2.24) is 29.5 Å². The lowest BCUT2D eigenvalue weighted by Crippen LogP contribution is -2.06. The zero-order chi connectivity index (χ0) is 25.2. The summed E-state index contributed by atoms with van der Waals surface area (Å²) < 4.78 is 26.4. The molecule has 0 amide bonds. The van der Waals surface area contributed by atoms with Crippen molar-refractivity contribution in [2.45, 2.75) is 13.5 Å². The van der Waals surface area contributed by atoms with Gasteiger partial charge in [0.25, 0.3) is 0 Å². The van der Waals surface area contributed by atoms with Gasteiger partial charge in [0.1, 0.15) is 18.1 Å². The van der Waals surface area contributed by atoms with E-state index in [4.69, 9.17) is 15.2 Å². The molecule has 11 heteroatoms. The zero-order valence-corrected chi connectivity index (χ0v) is 19.3. The third-order valence-electron chi connectivity index (χ3n) is 5.36. The summed E-state index contributed by atoms with van der Waals surface area (Å²) in [6.45, 7) is 1.66. The number of pyridine rings is 2. The predicted octanol–water partition coefficient (Wildman–Crippen LogP) is 3.74. The maximum absolute atomic E-state index is 14.0. The van der Waals surface area contributed by atoms with Gasteiger partial charge < -0.3 is 15.2 Å². The number of benzene rings is 1. The van der Waals surface area contributed by atoms with Crippen molar-refractivity contribution in [3.05, 3.63) is 77.5 Å². The van der Waals surface area contributed by atoms with E-state index in [1.807, 2.05) is 19.1 Å². The van der Waals surface area contributed by atoms with Crippen LogP contribution in [0.5, 0.6) is 11.9 Å². The topological polar surface area (TPSA) is 137 Å². The average molecular weight is 482 g/mol. The number of aromatic nitrogens is 6. The largest absolute Gasteiger partial charge is 0.481 e. The molecule has 5 aromatic rings. The molecule has 5 rings (SSSR count). The molecular formula is C25H19FN8O2. The van der Waals surface area contributed by atoms with Gasteiger partial charge in [0, 0.05) is 23.5 Å². The molecule has 36 heavy (non-hydrogen) atoms. The highest BCUT2D eigenvalue weighted by atomic mass is 19.1. The Kier molecular flexibility index (Phi) is 5.83. The number of rotatable bonds is 6. The smallest absolute Gasteiger partial charge is 0.336 e. The molecule has 0 aliphatic heterocycles. The van der Waals surface area contributed by atoms with E-state index in [2.05, 4.69) is 31.1 Å². The third-order valence-corrected chi connectivity index (χ3v) is 5.36. The molecule has 0 radical (unpaired) electrons. The van der Waals surface area contributed by atoms with Crippen molar-refractivity contribution in [3.63, 3.8) is 0 Å². The fraction of sp³-hybridized carbons (Fsp3) is 0.120. The highest BCUT2D eigenvalue weighted by Gasteiger charge is 2.22. The second kappa shape index (κ2) is 9.27. The van der Waals surface area contributed by atoms with Gasteiger partial charge in [-0.05, 0) is 42.8 Å². The summed E-state index contributed by atoms with van der Waals surface area (Å²) in [7, 11) is 1.53. The van der Waals surface area contributed by atoms with E-state index in [1.54, 1.807) is 24.3 Å². The van der Waals surface area contributed by atoms with Gasteiger partial charge in [-0.25, -0.2) is 14.4 Å². The summed E-state index contributed by atoms with van der Waals surface area (Å²) in [6.07, 6.45) is 1.47. The molecule has 0 atom stereocenters. The van der Waals surface area contributed by atoms with Crippen molar-refractivity contribution in [1.29, 1.82) is 5.26 Å². The second-order valence-electron chi connectivity index (χ2n) is 7.78. The van der Waals surface area contributed by atoms with E-state index in [-0.39, 0.29) is 24.3 Å². The van der Waals surface area contributed by atoms with E-state index in [0.717, 1.165) is 0 Å². The Morgan fingerprint density at radius 1 is 1.08 bits per heavy atom. The normalized spacial score (nSPS) is 10.8. The summed E-state index contributed by atoms with van der Waals surface area (Å²) in [6, 6.07) is 15.5. The Morgan fingerprint density at radius 2 is 1.94 bits per heavy atom. The van der Waals surface area contributed by atoms with Crippen LogP contribution >= 0.6 is 0 Å². The molecule has 1 aromatic carbocycles. The number of anilines is 1. The number of halogens is 1. The Labute approximate surface area is 204 Å². The minimum atomic E-state index is -0.498. The molecule has 0 saturated heterocycles. The Hall–Kier alpha value is -5.11. The van der Waals surface area contributed by atoms with Crippen molar-refractivity contribution in [2.24, 2.45) is 0 Å². The number of ether oxygens (including phenoxy) is 2. The van der Waals surface area contributed by atoms with E-state index < -0.39 is 5.82 Å². The van der Waals surface area contributed by atoms with Gasteiger partial charge in [-0.15, -0.1) is 5.10 Å². The molecule has 10 nitrogen and oxygen atoms in total. The van der Waals surface area contributed by atoms with Crippen LogP contribution in [-0.2, 0) is 6.61 Å². The van der Waals surface area contributed by atoms with Crippen LogP contribution < -0.4 is 15.2 Å². The lowest BCUT2D eigenvalue weighted by Gasteiger charge is -2.13. The standard InChI is InChI=1S/C25H19FN8O2/c1-14-9-17(11-20(30-14)35-2)21-22(16-6-3-5-15(10-16)12-27)31-24(28)34-23(21)32-25(33-34)36-13-19-18(26)7-4-8-29-19/h3-11H,13H2,1-2H3,(H2,28,31). The first-order chi connectivity index (χ1) is 17.5. The van der Waals surface area contributed by atoms with E-state index >= 15 is 0 Å². The molecule has 0 aliphatic carbocycles. The molecule has 0 bridgehead atoms. The first kappa shape index (κ1) is 22.7. The summed E-state index contributed by atoms with van der Waals surface area (Å²) in [5.41, 5.74) is 10.3. The molecule has 0 fully saturated rings. The van der Waals surface area contributed by atoms with Crippen LogP contribution in [0.2, 0.25) is 0 Å². The molecule has 0 aliphatic rings. The zero-order valence-electron chi connectivity index (χ0n) is 19.3. The number of hydrogen-bond acceptors (Lipinski definition) is 9. The number of nitrogens with zero attached hydrogens (tertiary/aromatic N) is 7. The predicted molar refractivity (Wildman–Crippen MR) is 128 cm³/mol. The monoisotopic (exact) mass is 482 g/mol. The number of nitriles is 1. The molecule has 2 N–H and O–H groups in total. The summed E-state index contributed by atoms with van der Waals surface area (Å²) in [5, 5.41) is 13.7. The van der Waals surface area contributed by atoms with Crippen LogP contribution in [0.3, 0.4) is 0 Å². The van der Waals surface area contributed by atoms with E-state index in [9.17, 15) is 9.65 Å². The minimum absolute atomic E-state index is 0.0320. The van der Waals surface area contributed by atoms with Gasteiger partial charge >= 0.3 is 6.01 Å². The van der Waals surface area contributed by atoms with E-state index in [0.29, 0.717) is 45.2 Å². The lowest BCUT2D eigenvalue weighted by atomic mass is 9.99. The van der Waals surface area contributed by atoms with Gasteiger partial charge in [0.2, 0.25) is 11.8 Å². The molecule has 4 aromatic heterocycles. The van der Waals surface area contributed by atoms with Crippen LogP contribution in [0, 0.1) is 24.1 Å². The van der Waals surface area contributed by atoms with Crippen molar-refractivity contribution < 1.29 is 13.9 Å². The Balaban J connectivity index is 1.71. The number of hydrogen-bond donors (Lipinski definition) is 1. The highest BCUT2D eigenvalue weighted by Crippen LogP contribution is 2.37. The van der Waals surface area contributed by atoms with Crippen LogP contribution in [0.25, 0.3) is 28.0 Å². The van der Waals surface area contributed by atoms with Crippen LogP contribution in [0.15, 0.2) is 54.7 Å². The van der Waals surface area contributed by atoms with Gasteiger partial charge in [0.05, 0.1) is 30.0 Å². The maximum Gasteiger partial charge on any atom is 0.336 e. The number of aryl methyl sites for hydroxylation is 1. The summed E-state index contributed by atoms with van der Waals surface area (Å²) >= 11 is 0. The van der Waals surface area contributed by atoms with Gasteiger partial charge in [-0.2, -0.15) is 14.8 Å². The Morgan fingerprint density at radius 3 is 2.72 bits per heavy atom. The first-order valence-electron chi connectivity index (χ1n) is 10.8. The van der Waals surface area contributed by atoms with E-state index in [1.165, 1.54) is 30.0 Å². The fourth-order valence-corrected chi connectivity index (χ4v) is 3.75. The molecule has 178 valence electrons. The van der Waals surface area contributed by atoms with Crippen molar-refractivity contribution in [3.8, 4) is 40.3 Å². The Bertz CT molecular complexity index is 1640. The second-order valence-corrected chi connectivity index (χ2v) is 7.78. The minimum Gasteiger partial charge on any atom is -0.481 e. The summed E-state index contributed by atoms with van der Waals surface area (Å²) in [4.78, 5) is 17.5.